The van der Waals surface area contributed by atoms with Crippen LogP contribution in [0.5, 0.6) is 5.75 Å². The lowest BCUT2D eigenvalue weighted by molar-refractivity contribution is -0.120. The van der Waals surface area contributed by atoms with E-state index in [0.29, 0.717) is 25.9 Å². The Morgan fingerprint density at radius 2 is 2.18 bits per heavy atom. The Morgan fingerprint density at radius 1 is 1.32 bits per heavy atom. The molecule has 22 heavy (non-hydrogen) atoms. The van der Waals surface area contributed by atoms with E-state index < -0.39 is 0 Å². The molecule has 0 aliphatic heterocycles. The van der Waals surface area contributed by atoms with E-state index in [2.05, 4.69) is 10.4 Å². The summed E-state index contributed by atoms with van der Waals surface area (Å²) in [7, 11) is 1.60. The minimum Gasteiger partial charge on any atom is -0.497 e. The number of ether oxygens (including phenoxy) is 1. The highest BCUT2D eigenvalue weighted by atomic mass is 16.5. The van der Waals surface area contributed by atoms with Crippen LogP contribution in [0.1, 0.15) is 12.0 Å². The van der Waals surface area contributed by atoms with Gasteiger partial charge in [0.2, 0.25) is 5.91 Å². The van der Waals surface area contributed by atoms with E-state index >= 15 is 0 Å². The van der Waals surface area contributed by atoms with Gasteiger partial charge in [-0.3, -0.25) is 9.59 Å². The van der Waals surface area contributed by atoms with Gasteiger partial charge in [-0.25, -0.2) is 4.68 Å². The number of rotatable bonds is 7. The van der Waals surface area contributed by atoms with Gasteiger partial charge in [-0.1, -0.05) is 12.1 Å². The van der Waals surface area contributed by atoms with Crippen LogP contribution in [0.15, 0.2) is 47.4 Å². The van der Waals surface area contributed by atoms with Gasteiger partial charge in [0.15, 0.2) is 0 Å². The van der Waals surface area contributed by atoms with Gasteiger partial charge >= 0.3 is 0 Å². The predicted molar refractivity (Wildman–Crippen MR) is 82.8 cm³/mol. The predicted octanol–water partition coefficient (Wildman–Crippen LogP) is 1.00. The van der Waals surface area contributed by atoms with Crippen LogP contribution in [0, 0.1) is 0 Å². The van der Waals surface area contributed by atoms with E-state index in [4.69, 9.17) is 4.74 Å². The van der Waals surface area contributed by atoms with Gasteiger partial charge in [0, 0.05) is 25.4 Å². The molecular weight excluding hydrogens is 282 g/mol. The molecule has 0 aliphatic carbocycles. The van der Waals surface area contributed by atoms with Crippen LogP contribution in [-0.2, 0) is 17.8 Å². The Balaban J connectivity index is 1.74. The zero-order valence-electron chi connectivity index (χ0n) is 12.5. The zero-order valence-corrected chi connectivity index (χ0v) is 12.5. The van der Waals surface area contributed by atoms with Crippen molar-refractivity contribution in [1.82, 2.24) is 15.1 Å². The molecule has 0 unspecified atom stereocenters. The van der Waals surface area contributed by atoms with Gasteiger partial charge in [0.1, 0.15) is 5.75 Å². The number of aromatic nitrogens is 2. The summed E-state index contributed by atoms with van der Waals surface area (Å²) in [5.41, 5.74) is 0.767. The molecule has 0 spiro atoms. The van der Waals surface area contributed by atoms with Crippen LogP contribution < -0.4 is 15.6 Å². The summed E-state index contributed by atoms with van der Waals surface area (Å²) >= 11 is 0. The Morgan fingerprint density at radius 3 is 2.95 bits per heavy atom. The summed E-state index contributed by atoms with van der Waals surface area (Å²) in [4.78, 5) is 23.3. The standard InChI is InChI=1S/C16H19N3O3/c1-22-14-6-2-5-13(11-14)12-15(20)17-8-4-10-19-16(21)7-3-9-18-19/h2-3,5-7,9,11H,4,8,10,12H2,1H3,(H,17,20). The van der Waals surface area contributed by atoms with Gasteiger partial charge in [0.05, 0.1) is 13.5 Å². The number of amides is 1. The number of carbonyl (C=O) groups is 1. The van der Waals surface area contributed by atoms with Gasteiger partial charge in [-0.05, 0) is 30.2 Å². The van der Waals surface area contributed by atoms with Gasteiger partial charge in [-0.2, -0.15) is 5.10 Å². The van der Waals surface area contributed by atoms with Crippen LogP contribution in [0.4, 0.5) is 0 Å². The SMILES string of the molecule is COc1cccc(CC(=O)NCCCn2ncccc2=O)c1. The first kappa shape index (κ1) is 15.8. The Bertz CT molecular complexity index is 682. The van der Waals surface area contributed by atoms with E-state index in [0.717, 1.165) is 11.3 Å². The Hall–Kier alpha value is -2.63. The van der Waals surface area contributed by atoms with Gasteiger partial charge in [-0.15, -0.1) is 0 Å². The first-order valence-electron chi connectivity index (χ1n) is 7.11. The van der Waals surface area contributed by atoms with Crippen molar-refractivity contribution in [3.05, 3.63) is 58.5 Å². The van der Waals surface area contributed by atoms with E-state index in [1.54, 1.807) is 19.4 Å². The molecule has 1 N–H and O–H groups in total. The molecule has 2 rings (SSSR count). The molecule has 0 saturated carbocycles. The summed E-state index contributed by atoms with van der Waals surface area (Å²) in [6.45, 7) is 0.991. The molecule has 6 nitrogen and oxygen atoms in total. The number of aryl methyl sites for hydroxylation is 1. The van der Waals surface area contributed by atoms with Crippen LogP contribution in [0.2, 0.25) is 0 Å². The summed E-state index contributed by atoms with van der Waals surface area (Å²) in [6, 6.07) is 10.5. The fourth-order valence-corrected chi connectivity index (χ4v) is 2.04. The molecule has 0 radical (unpaired) electrons. The molecule has 1 amide bonds. The normalized spacial score (nSPS) is 10.2. The van der Waals surface area contributed by atoms with Crippen molar-refractivity contribution in [2.75, 3.05) is 13.7 Å². The molecule has 2 aromatic rings. The maximum atomic E-state index is 11.9. The second kappa shape index (κ2) is 7.97. The minimum absolute atomic E-state index is 0.0541. The van der Waals surface area contributed by atoms with E-state index in [9.17, 15) is 9.59 Å². The van der Waals surface area contributed by atoms with Crippen LogP contribution >= 0.6 is 0 Å². The van der Waals surface area contributed by atoms with Crippen molar-refractivity contribution in [2.45, 2.75) is 19.4 Å². The summed E-state index contributed by atoms with van der Waals surface area (Å²) in [5.74, 6) is 0.682. The number of hydrogen-bond donors (Lipinski definition) is 1. The fraction of sp³-hybridized carbons (Fsp3) is 0.312. The van der Waals surface area contributed by atoms with Crippen LogP contribution in [0.3, 0.4) is 0 Å². The quantitative estimate of drug-likeness (QED) is 0.774. The molecule has 1 aromatic carbocycles. The summed E-state index contributed by atoms with van der Waals surface area (Å²) < 4.78 is 6.51. The molecular formula is C16H19N3O3. The number of carbonyl (C=O) groups excluding carboxylic acids is 1. The largest absolute Gasteiger partial charge is 0.497 e. The highest BCUT2D eigenvalue weighted by molar-refractivity contribution is 5.78. The molecule has 1 heterocycles. The third-order valence-corrected chi connectivity index (χ3v) is 3.15. The lowest BCUT2D eigenvalue weighted by Crippen LogP contribution is -2.28. The molecule has 6 heteroatoms. The van der Waals surface area contributed by atoms with Crippen molar-refractivity contribution in [3.63, 3.8) is 0 Å². The molecule has 0 atom stereocenters. The average Bonchev–Trinajstić information content (AvgIpc) is 2.53. The minimum atomic E-state index is -0.134. The third-order valence-electron chi connectivity index (χ3n) is 3.15. The topological polar surface area (TPSA) is 73.2 Å². The zero-order chi connectivity index (χ0) is 15.8. The monoisotopic (exact) mass is 301 g/mol. The summed E-state index contributed by atoms with van der Waals surface area (Å²) in [6.07, 6.45) is 2.53. The highest BCUT2D eigenvalue weighted by Gasteiger charge is 2.04. The molecule has 1 aromatic heterocycles. The summed E-state index contributed by atoms with van der Waals surface area (Å²) in [5, 5.41) is 6.79. The van der Waals surface area contributed by atoms with E-state index in [1.807, 2.05) is 24.3 Å². The fourth-order valence-electron chi connectivity index (χ4n) is 2.04. The lowest BCUT2D eigenvalue weighted by Gasteiger charge is -2.07. The second-order valence-electron chi connectivity index (χ2n) is 4.82. The van der Waals surface area contributed by atoms with E-state index in [-0.39, 0.29) is 11.5 Å². The highest BCUT2D eigenvalue weighted by Crippen LogP contribution is 2.12. The van der Waals surface area contributed by atoms with Crippen molar-refractivity contribution in [2.24, 2.45) is 0 Å². The molecule has 0 saturated heterocycles. The third kappa shape index (κ3) is 4.73. The molecule has 0 bridgehead atoms. The molecule has 0 aliphatic rings. The Labute approximate surface area is 128 Å². The van der Waals surface area contributed by atoms with Gasteiger partial charge < -0.3 is 10.1 Å². The first-order valence-corrected chi connectivity index (χ1v) is 7.11. The number of benzene rings is 1. The smallest absolute Gasteiger partial charge is 0.266 e. The average molecular weight is 301 g/mol. The van der Waals surface area contributed by atoms with Crippen molar-refractivity contribution < 1.29 is 9.53 Å². The second-order valence-corrected chi connectivity index (χ2v) is 4.82. The van der Waals surface area contributed by atoms with E-state index in [1.165, 1.54) is 10.7 Å². The van der Waals surface area contributed by atoms with Gasteiger partial charge in [0.25, 0.3) is 5.56 Å². The number of hydrogen-bond acceptors (Lipinski definition) is 4. The van der Waals surface area contributed by atoms with Crippen LogP contribution in [-0.4, -0.2) is 29.3 Å². The van der Waals surface area contributed by atoms with Crippen molar-refractivity contribution in [3.8, 4) is 5.75 Å². The maximum Gasteiger partial charge on any atom is 0.266 e. The van der Waals surface area contributed by atoms with Crippen LogP contribution in [0.25, 0.3) is 0 Å². The first-order chi connectivity index (χ1) is 10.7. The molecule has 116 valence electrons. The number of nitrogens with one attached hydrogen (secondary N) is 1. The Kier molecular flexibility index (Phi) is 5.71. The lowest BCUT2D eigenvalue weighted by atomic mass is 10.1. The maximum absolute atomic E-state index is 11.9. The number of nitrogens with zero attached hydrogens (tertiary/aromatic N) is 2. The number of methoxy groups -OCH3 is 1. The van der Waals surface area contributed by atoms with Crippen molar-refractivity contribution in [1.29, 1.82) is 0 Å². The molecule has 0 fully saturated rings. The van der Waals surface area contributed by atoms with Crippen molar-refractivity contribution >= 4 is 5.91 Å².